The first-order valence-corrected chi connectivity index (χ1v) is 6.17. The largest absolute Gasteiger partial charge is 0.497 e. The van der Waals surface area contributed by atoms with Crippen LogP contribution in [0.5, 0.6) is 5.75 Å². The molecule has 0 amide bonds. The lowest BCUT2D eigenvalue weighted by Crippen LogP contribution is -2.47. The third-order valence-corrected chi connectivity index (χ3v) is 3.49. The van der Waals surface area contributed by atoms with Gasteiger partial charge in [-0.25, -0.2) is 0 Å². The predicted octanol–water partition coefficient (Wildman–Crippen LogP) is 1.83. The molecule has 0 aliphatic heterocycles. The van der Waals surface area contributed by atoms with Gasteiger partial charge in [0.15, 0.2) is 0 Å². The van der Waals surface area contributed by atoms with Crippen LogP contribution < -0.4 is 10.1 Å². The molecular formula is C14H21NO2. The molecule has 1 unspecified atom stereocenters. The van der Waals surface area contributed by atoms with Crippen molar-refractivity contribution in [3.8, 4) is 5.75 Å². The number of aliphatic hydroxyl groups excluding tert-OH is 1. The molecule has 0 radical (unpaired) electrons. The fourth-order valence-electron chi connectivity index (χ4n) is 2.74. The lowest BCUT2D eigenvalue weighted by molar-refractivity contribution is 0.151. The summed E-state index contributed by atoms with van der Waals surface area (Å²) in [6, 6.07) is 6.49. The van der Waals surface area contributed by atoms with Gasteiger partial charge in [-0.3, -0.25) is 0 Å². The van der Waals surface area contributed by atoms with Gasteiger partial charge in [-0.1, -0.05) is 6.07 Å². The van der Waals surface area contributed by atoms with Crippen molar-refractivity contribution in [2.45, 2.75) is 38.3 Å². The van der Waals surface area contributed by atoms with Crippen LogP contribution in [0.4, 0.5) is 0 Å². The molecular weight excluding hydrogens is 214 g/mol. The van der Waals surface area contributed by atoms with Crippen LogP contribution in [0.15, 0.2) is 18.2 Å². The average molecular weight is 235 g/mol. The van der Waals surface area contributed by atoms with Gasteiger partial charge >= 0.3 is 0 Å². The second kappa shape index (κ2) is 4.67. The van der Waals surface area contributed by atoms with Crippen LogP contribution in [0.3, 0.4) is 0 Å². The molecule has 1 atom stereocenters. The summed E-state index contributed by atoms with van der Waals surface area (Å²) in [4.78, 5) is 0. The van der Waals surface area contributed by atoms with Gasteiger partial charge in [0.2, 0.25) is 0 Å². The normalized spacial score (nSPS) is 22.9. The van der Waals surface area contributed by atoms with Gasteiger partial charge in [0.05, 0.1) is 19.3 Å². The fraction of sp³-hybridized carbons (Fsp3) is 0.571. The molecule has 0 spiro atoms. The summed E-state index contributed by atoms with van der Waals surface area (Å²) in [7, 11) is 1.67. The van der Waals surface area contributed by atoms with E-state index in [1.165, 1.54) is 11.1 Å². The Hall–Kier alpha value is -1.06. The summed E-state index contributed by atoms with van der Waals surface area (Å²) in [5.41, 5.74) is 2.21. The van der Waals surface area contributed by atoms with Crippen molar-refractivity contribution in [3.63, 3.8) is 0 Å². The van der Waals surface area contributed by atoms with Gasteiger partial charge in [0.1, 0.15) is 5.75 Å². The Morgan fingerprint density at radius 2 is 2.24 bits per heavy atom. The number of aryl methyl sites for hydroxylation is 1. The first kappa shape index (κ1) is 12.4. The van der Waals surface area contributed by atoms with Crippen molar-refractivity contribution in [3.05, 3.63) is 29.3 Å². The summed E-state index contributed by atoms with van der Waals surface area (Å²) >= 11 is 0. The molecule has 0 saturated carbocycles. The van der Waals surface area contributed by atoms with Crippen LogP contribution in [0.1, 0.15) is 31.4 Å². The maximum absolute atomic E-state index is 9.77. The van der Waals surface area contributed by atoms with Gasteiger partial charge in [-0.2, -0.15) is 0 Å². The SMILES string of the molecule is COc1ccc2c(c1)C(CO)(NC(C)C)CC2. The van der Waals surface area contributed by atoms with Gasteiger partial charge in [-0.15, -0.1) is 0 Å². The molecule has 3 nitrogen and oxygen atoms in total. The van der Waals surface area contributed by atoms with Crippen molar-refractivity contribution in [2.24, 2.45) is 0 Å². The van der Waals surface area contributed by atoms with Gasteiger partial charge in [0.25, 0.3) is 0 Å². The summed E-state index contributed by atoms with van der Waals surface area (Å²) in [5.74, 6) is 0.856. The summed E-state index contributed by atoms with van der Waals surface area (Å²) < 4.78 is 5.27. The van der Waals surface area contributed by atoms with Crippen molar-refractivity contribution >= 4 is 0 Å². The molecule has 17 heavy (non-hydrogen) atoms. The first-order valence-electron chi connectivity index (χ1n) is 6.17. The van der Waals surface area contributed by atoms with E-state index in [-0.39, 0.29) is 12.1 Å². The third-order valence-electron chi connectivity index (χ3n) is 3.49. The molecule has 1 aromatic carbocycles. The number of fused-ring (bicyclic) bond motifs is 1. The molecule has 1 aliphatic rings. The quantitative estimate of drug-likeness (QED) is 0.836. The molecule has 0 bridgehead atoms. The third kappa shape index (κ3) is 2.17. The zero-order chi connectivity index (χ0) is 12.5. The fourth-order valence-corrected chi connectivity index (χ4v) is 2.74. The van der Waals surface area contributed by atoms with E-state index in [4.69, 9.17) is 4.74 Å². The topological polar surface area (TPSA) is 41.5 Å². The lowest BCUT2D eigenvalue weighted by atomic mass is 9.91. The minimum absolute atomic E-state index is 0.130. The Kier molecular flexibility index (Phi) is 3.40. The predicted molar refractivity (Wildman–Crippen MR) is 68.4 cm³/mol. The number of aliphatic hydroxyl groups is 1. The van der Waals surface area contributed by atoms with Crippen molar-refractivity contribution in [2.75, 3.05) is 13.7 Å². The van der Waals surface area contributed by atoms with E-state index in [1.54, 1.807) is 7.11 Å². The summed E-state index contributed by atoms with van der Waals surface area (Å²) in [6.07, 6.45) is 1.96. The zero-order valence-electron chi connectivity index (χ0n) is 10.8. The highest BCUT2D eigenvalue weighted by Crippen LogP contribution is 2.38. The van der Waals surface area contributed by atoms with Crippen molar-refractivity contribution < 1.29 is 9.84 Å². The molecule has 1 aliphatic carbocycles. The van der Waals surface area contributed by atoms with Crippen LogP contribution in [-0.2, 0) is 12.0 Å². The highest BCUT2D eigenvalue weighted by molar-refractivity contribution is 5.44. The molecule has 1 aromatic rings. The smallest absolute Gasteiger partial charge is 0.119 e. The van der Waals surface area contributed by atoms with E-state index in [2.05, 4.69) is 25.2 Å². The van der Waals surface area contributed by atoms with Gasteiger partial charge < -0.3 is 15.2 Å². The van der Waals surface area contributed by atoms with Crippen molar-refractivity contribution in [1.29, 1.82) is 0 Å². The number of hydrogen-bond donors (Lipinski definition) is 2. The van der Waals surface area contributed by atoms with Crippen LogP contribution >= 0.6 is 0 Å². The Morgan fingerprint density at radius 1 is 1.47 bits per heavy atom. The highest BCUT2D eigenvalue weighted by atomic mass is 16.5. The standard InChI is InChI=1S/C14H21NO2/c1-10(2)15-14(9-16)7-6-11-4-5-12(17-3)8-13(11)14/h4-5,8,10,15-16H,6-7,9H2,1-3H3. The summed E-state index contributed by atoms with van der Waals surface area (Å²) in [6.45, 7) is 4.34. The second-order valence-corrected chi connectivity index (χ2v) is 5.06. The lowest BCUT2D eigenvalue weighted by Gasteiger charge is -2.32. The first-order chi connectivity index (χ1) is 8.11. The number of hydrogen-bond acceptors (Lipinski definition) is 3. The van der Waals surface area contributed by atoms with Crippen LogP contribution in [0.25, 0.3) is 0 Å². The van der Waals surface area contributed by atoms with E-state index >= 15 is 0 Å². The minimum Gasteiger partial charge on any atom is -0.497 e. The molecule has 94 valence electrons. The number of ether oxygens (including phenoxy) is 1. The second-order valence-electron chi connectivity index (χ2n) is 5.06. The number of benzene rings is 1. The van der Waals surface area contributed by atoms with Crippen LogP contribution in [0.2, 0.25) is 0 Å². The van der Waals surface area contributed by atoms with Crippen LogP contribution in [0, 0.1) is 0 Å². The van der Waals surface area contributed by atoms with E-state index in [1.807, 2.05) is 12.1 Å². The zero-order valence-corrected chi connectivity index (χ0v) is 10.8. The van der Waals surface area contributed by atoms with Gasteiger partial charge in [-0.05, 0) is 49.9 Å². The molecule has 3 heteroatoms. The molecule has 0 saturated heterocycles. The highest BCUT2D eigenvalue weighted by Gasteiger charge is 2.38. The molecule has 0 fully saturated rings. The van der Waals surface area contributed by atoms with E-state index in [0.717, 1.165) is 18.6 Å². The van der Waals surface area contributed by atoms with Crippen LogP contribution in [-0.4, -0.2) is 24.9 Å². The monoisotopic (exact) mass is 235 g/mol. The number of nitrogens with one attached hydrogen (secondary N) is 1. The Balaban J connectivity index is 2.41. The molecule has 2 N–H and O–H groups in total. The number of methoxy groups -OCH3 is 1. The Labute approximate surface area is 103 Å². The van der Waals surface area contributed by atoms with Gasteiger partial charge in [0, 0.05) is 6.04 Å². The Bertz CT molecular complexity index is 403. The maximum atomic E-state index is 9.77. The molecule has 0 heterocycles. The molecule has 2 rings (SSSR count). The minimum atomic E-state index is -0.294. The maximum Gasteiger partial charge on any atom is 0.119 e. The number of rotatable bonds is 4. The molecule has 0 aromatic heterocycles. The van der Waals surface area contributed by atoms with E-state index in [9.17, 15) is 5.11 Å². The summed E-state index contributed by atoms with van der Waals surface area (Å²) in [5, 5.41) is 13.3. The van der Waals surface area contributed by atoms with E-state index in [0.29, 0.717) is 6.04 Å². The van der Waals surface area contributed by atoms with Crippen molar-refractivity contribution in [1.82, 2.24) is 5.32 Å². The Morgan fingerprint density at radius 3 is 2.82 bits per heavy atom. The van der Waals surface area contributed by atoms with E-state index < -0.39 is 0 Å². The average Bonchev–Trinajstić information content (AvgIpc) is 2.67.